The van der Waals surface area contributed by atoms with Crippen molar-refractivity contribution in [3.05, 3.63) is 16.5 Å². The van der Waals surface area contributed by atoms with Gasteiger partial charge in [-0.05, 0) is 47.9 Å². The van der Waals surface area contributed by atoms with Crippen molar-refractivity contribution < 1.29 is 0 Å². The molecule has 2 aliphatic carbocycles. The van der Waals surface area contributed by atoms with Crippen LogP contribution in [0.4, 0.5) is 5.82 Å². The molecule has 1 heterocycles. The fourth-order valence-corrected chi connectivity index (χ4v) is 3.93. The Morgan fingerprint density at radius 3 is 2.83 bits per heavy atom. The van der Waals surface area contributed by atoms with Crippen molar-refractivity contribution >= 4 is 33.5 Å². The summed E-state index contributed by atoms with van der Waals surface area (Å²) < 4.78 is 0.903. The van der Waals surface area contributed by atoms with E-state index in [1.165, 1.54) is 32.1 Å². The Kier molecular flexibility index (Phi) is 3.80. The molecule has 98 valence electrons. The van der Waals surface area contributed by atoms with Crippen LogP contribution in [0.3, 0.4) is 0 Å². The van der Waals surface area contributed by atoms with Crippen molar-refractivity contribution in [2.75, 3.05) is 11.6 Å². The van der Waals surface area contributed by atoms with Gasteiger partial charge in [0.2, 0.25) is 0 Å². The summed E-state index contributed by atoms with van der Waals surface area (Å²) in [6, 6.07) is 2.57. The first-order valence-electron chi connectivity index (χ1n) is 6.60. The molecule has 1 aromatic rings. The van der Waals surface area contributed by atoms with E-state index < -0.39 is 0 Å². The van der Waals surface area contributed by atoms with E-state index in [0.29, 0.717) is 12.0 Å². The van der Waals surface area contributed by atoms with Gasteiger partial charge in [0, 0.05) is 23.3 Å². The first-order valence-corrected chi connectivity index (χ1v) is 8.68. The Hall–Kier alpha value is -0.290. The monoisotopic (exact) mass is 327 g/mol. The van der Waals surface area contributed by atoms with Crippen molar-refractivity contribution in [3.63, 3.8) is 0 Å². The third-order valence-corrected chi connectivity index (χ3v) is 5.32. The van der Waals surface area contributed by atoms with Gasteiger partial charge >= 0.3 is 0 Å². The predicted molar refractivity (Wildman–Crippen MR) is 80.3 cm³/mol. The lowest BCUT2D eigenvalue weighted by atomic mass is 10.2. The Morgan fingerprint density at radius 1 is 1.28 bits per heavy atom. The van der Waals surface area contributed by atoms with Crippen molar-refractivity contribution in [3.8, 4) is 0 Å². The third kappa shape index (κ3) is 2.82. The van der Waals surface area contributed by atoms with Crippen LogP contribution in [0.2, 0.25) is 0 Å². The highest BCUT2D eigenvalue weighted by Crippen LogP contribution is 2.39. The smallest absolute Gasteiger partial charge is 0.135 e. The molecular formula is C13H18BrN3S. The summed E-state index contributed by atoms with van der Waals surface area (Å²) in [5, 5.41) is 4.33. The van der Waals surface area contributed by atoms with Crippen molar-refractivity contribution in [2.24, 2.45) is 0 Å². The maximum absolute atomic E-state index is 4.67. The maximum Gasteiger partial charge on any atom is 0.135 e. The third-order valence-electron chi connectivity index (χ3n) is 3.74. The van der Waals surface area contributed by atoms with Gasteiger partial charge in [0.15, 0.2) is 0 Å². The average Bonchev–Trinajstić information content (AvgIpc) is 3.10. The average molecular weight is 328 g/mol. The molecule has 3 rings (SSSR count). The van der Waals surface area contributed by atoms with E-state index >= 15 is 0 Å². The van der Waals surface area contributed by atoms with Crippen LogP contribution in [0.5, 0.6) is 0 Å². The Bertz CT molecular complexity index is 436. The van der Waals surface area contributed by atoms with E-state index in [4.69, 9.17) is 0 Å². The molecule has 2 unspecified atom stereocenters. The summed E-state index contributed by atoms with van der Waals surface area (Å²) >= 11 is 5.46. The molecule has 0 amide bonds. The zero-order valence-electron chi connectivity index (χ0n) is 10.5. The van der Waals surface area contributed by atoms with Crippen LogP contribution < -0.4 is 5.32 Å². The molecule has 2 saturated carbocycles. The number of hydrogen-bond acceptors (Lipinski definition) is 4. The second-order valence-corrected chi connectivity index (χ2v) is 7.05. The standard InChI is InChI=1S/C13H18BrN3S/c1-18-10-4-2-3-9(10)15-12-7-11(14)16-13(17-12)8-5-6-8/h7-10H,2-6H2,1H3,(H,15,16,17). The van der Waals surface area contributed by atoms with Crippen molar-refractivity contribution in [1.82, 2.24) is 9.97 Å². The van der Waals surface area contributed by atoms with Gasteiger partial charge in [0.1, 0.15) is 16.2 Å². The van der Waals surface area contributed by atoms with E-state index in [0.717, 1.165) is 21.5 Å². The summed E-state index contributed by atoms with van der Waals surface area (Å²) in [6.07, 6.45) is 8.59. The van der Waals surface area contributed by atoms with Crippen LogP contribution >= 0.6 is 27.7 Å². The number of halogens is 1. The van der Waals surface area contributed by atoms with Gasteiger partial charge < -0.3 is 5.32 Å². The van der Waals surface area contributed by atoms with E-state index in [9.17, 15) is 0 Å². The fraction of sp³-hybridized carbons (Fsp3) is 0.692. The van der Waals surface area contributed by atoms with Gasteiger partial charge in [-0.3, -0.25) is 0 Å². The number of aromatic nitrogens is 2. The summed E-state index contributed by atoms with van der Waals surface area (Å²) in [4.78, 5) is 9.14. The molecule has 18 heavy (non-hydrogen) atoms. The molecule has 5 heteroatoms. The quantitative estimate of drug-likeness (QED) is 0.853. The largest absolute Gasteiger partial charge is 0.366 e. The van der Waals surface area contributed by atoms with Crippen LogP contribution in [0.15, 0.2) is 10.7 Å². The van der Waals surface area contributed by atoms with Gasteiger partial charge in [0.05, 0.1) is 0 Å². The summed E-state index contributed by atoms with van der Waals surface area (Å²) in [6.45, 7) is 0. The SMILES string of the molecule is CSC1CCCC1Nc1cc(Br)nc(C2CC2)n1. The zero-order valence-corrected chi connectivity index (χ0v) is 12.9. The van der Waals surface area contributed by atoms with Crippen LogP contribution in [0.1, 0.15) is 43.8 Å². The van der Waals surface area contributed by atoms with Gasteiger partial charge in [-0.2, -0.15) is 11.8 Å². The number of hydrogen-bond donors (Lipinski definition) is 1. The highest BCUT2D eigenvalue weighted by molar-refractivity contribution is 9.10. The summed E-state index contributed by atoms with van der Waals surface area (Å²) in [7, 11) is 0. The van der Waals surface area contributed by atoms with E-state index in [-0.39, 0.29) is 0 Å². The fourth-order valence-electron chi connectivity index (χ4n) is 2.60. The second kappa shape index (κ2) is 5.37. The number of rotatable bonds is 4. The first-order chi connectivity index (χ1) is 8.76. The van der Waals surface area contributed by atoms with E-state index in [1.54, 1.807) is 0 Å². The lowest BCUT2D eigenvalue weighted by molar-refractivity contribution is 0.758. The minimum atomic E-state index is 0.564. The summed E-state index contributed by atoms with van der Waals surface area (Å²) in [5.41, 5.74) is 0. The highest BCUT2D eigenvalue weighted by atomic mass is 79.9. The van der Waals surface area contributed by atoms with E-state index in [2.05, 4.69) is 37.5 Å². The van der Waals surface area contributed by atoms with Crippen LogP contribution in [0.25, 0.3) is 0 Å². The Balaban J connectivity index is 1.75. The van der Waals surface area contributed by atoms with E-state index in [1.807, 2.05) is 17.8 Å². The van der Waals surface area contributed by atoms with Gasteiger partial charge in [-0.15, -0.1) is 0 Å². The zero-order chi connectivity index (χ0) is 12.5. The molecule has 3 nitrogen and oxygen atoms in total. The number of nitrogens with zero attached hydrogens (tertiary/aromatic N) is 2. The molecule has 0 bridgehead atoms. The molecule has 1 aromatic heterocycles. The Morgan fingerprint density at radius 2 is 2.11 bits per heavy atom. The van der Waals surface area contributed by atoms with Crippen LogP contribution in [-0.2, 0) is 0 Å². The number of thioether (sulfide) groups is 1. The molecule has 2 atom stereocenters. The molecule has 0 aliphatic heterocycles. The lowest BCUT2D eigenvalue weighted by Gasteiger charge is -2.20. The molecule has 2 aliphatic rings. The molecule has 2 fully saturated rings. The maximum atomic E-state index is 4.67. The topological polar surface area (TPSA) is 37.8 Å². The van der Waals surface area contributed by atoms with Gasteiger partial charge in [0.25, 0.3) is 0 Å². The normalized spacial score (nSPS) is 27.4. The molecule has 0 aromatic carbocycles. The summed E-state index contributed by atoms with van der Waals surface area (Å²) in [5.74, 6) is 2.60. The molecule has 0 radical (unpaired) electrons. The second-order valence-electron chi connectivity index (χ2n) is 5.16. The molecule has 0 spiro atoms. The minimum absolute atomic E-state index is 0.564. The first kappa shape index (κ1) is 12.7. The highest BCUT2D eigenvalue weighted by Gasteiger charge is 2.29. The Labute approximate surface area is 121 Å². The van der Waals surface area contributed by atoms with Crippen molar-refractivity contribution in [1.29, 1.82) is 0 Å². The van der Waals surface area contributed by atoms with Gasteiger partial charge in [-0.1, -0.05) is 6.42 Å². The lowest BCUT2D eigenvalue weighted by Crippen LogP contribution is -2.26. The van der Waals surface area contributed by atoms with Crippen molar-refractivity contribution in [2.45, 2.75) is 49.3 Å². The van der Waals surface area contributed by atoms with Gasteiger partial charge in [-0.25, -0.2) is 9.97 Å². The minimum Gasteiger partial charge on any atom is -0.366 e. The molecule has 1 N–H and O–H groups in total. The predicted octanol–water partition coefficient (Wildman–Crippen LogP) is 3.81. The number of anilines is 1. The molecular weight excluding hydrogens is 310 g/mol. The number of nitrogens with one attached hydrogen (secondary N) is 1. The molecule has 0 saturated heterocycles. The van der Waals surface area contributed by atoms with Crippen LogP contribution in [0, 0.1) is 0 Å². The van der Waals surface area contributed by atoms with Crippen LogP contribution in [-0.4, -0.2) is 27.5 Å².